The molecule has 4 nitrogen and oxygen atoms in total. The number of rotatable bonds is 7. The Morgan fingerprint density at radius 3 is 2.85 bits per heavy atom. The van der Waals surface area contributed by atoms with Crippen LogP contribution in [0.4, 0.5) is 0 Å². The van der Waals surface area contributed by atoms with Crippen molar-refractivity contribution in [3.63, 3.8) is 0 Å². The van der Waals surface area contributed by atoms with Gasteiger partial charge in [-0.2, -0.15) is 5.26 Å². The predicted molar refractivity (Wildman–Crippen MR) is 107 cm³/mol. The van der Waals surface area contributed by atoms with E-state index in [-0.39, 0.29) is 5.41 Å². The van der Waals surface area contributed by atoms with E-state index in [9.17, 15) is 0 Å². The SMILES string of the molecule is N#CCCCCCC1(Cc2ccncc2)C2=C(NCC=C2)c2ncccc21. The lowest BCUT2D eigenvalue weighted by molar-refractivity contribution is 0.444. The molecule has 2 aliphatic rings. The number of unbranched alkanes of at least 4 members (excludes halogenated alkanes) is 3. The van der Waals surface area contributed by atoms with E-state index in [1.54, 1.807) is 0 Å². The topological polar surface area (TPSA) is 61.6 Å². The average Bonchev–Trinajstić information content (AvgIpc) is 2.99. The second-order valence-electron chi connectivity index (χ2n) is 7.30. The first kappa shape index (κ1) is 17.5. The molecule has 0 amide bonds. The zero-order chi connectivity index (χ0) is 18.5. The number of allylic oxidation sites excluding steroid dienone is 2. The lowest BCUT2D eigenvalue weighted by atomic mass is 9.69. The Labute approximate surface area is 160 Å². The maximum absolute atomic E-state index is 8.82. The molecule has 1 N–H and O–H groups in total. The van der Waals surface area contributed by atoms with E-state index in [0.29, 0.717) is 6.42 Å². The van der Waals surface area contributed by atoms with Gasteiger partial charge in [0.15, 0.2) is 0 Å². The van der Waals surface area contributed by atoms with Crippen LogP contribution in [0.5, 0.6) is 0 Å². The van der Waals surface area contributed by atoms with Gasteiger partial charge in [-0.3, -0.25) is 9.97 Å². The molecule has 0 saturated carbocycles. The van der Waals surface area contributed by atoms with Crippen molar-refractivity contribution in [3.05, 3.63) is 77.4 Å². The van der Waals surface area contributed by atoms with Crippen molar-refractivity contribution in [3.8, 4) is 6.07 Å². The zero-order valence-electron chi connectivity index (χ0n) is 15.5. The van der Waals surface area contributed by atoms with Gasteiger partial charge in [-0.1, -0.05) is 31.1 Å². The third-order valence-corrected chi connectivity index (χ3v) is 5.67. The van der Waals surface area contributed by atoms with E-state index < -0.39 is 0 Å². The molecule has 0 radical (unpaired) electrons. The number of nitrogens with zero attached hydrogens (tertiary/aromatic N) is 3. The Balaban J connectivity index is 1.74. The van der Waals surface area contributed by atoms with E-state index in [2.05, 4.69) is 52.8 Å². The molecule has 27 heavy (non-hydrogen) atoms. The molecule has 2 aromatic rings. The van der Waals surface area contributed by atoms with E-state index >= 15 is 0 Å². The number of aromatic nitrogens is 2. The minimum Gasteiger partial charge on any atom is -0.380 e. The Bertz CT molecular complexity index is 907. The monoisotopic (exact) mass is 356 g/mol. The molecule has 0 fully saturated rings. The van der Waals surface area contributed by atoms with Crippen molar-refractivity contribution in [1.29, 1.82) is 5.26 Å². The molecule has 1 unspecified atom stereocenters. The minimum atomic E-state index is -0.0726. The van der Waals surface area contributed by atoms with Gasteiger partial charge in [0.25, 0.3) is 0 Å². The van der Waals surface area contributed by atoms with Gasteiger partial charge in [0.05, 0.1) is 17.5 Å². The Morgan fingerprint density at radius 1 is 1.11 bits per heavy atom. The van der Waals surface area contributed by atoms with Crippen molar-refractivity contribution in [2.24, 2.45) is 0 Å². The first-order chi connectivity index (χ1) is 13.3. The zero-order valence-corrected chi connectivity index (χ0v) is 15.5. The number of hydrogen-bond donors (Lipinski definition) is 1. The van der Waals surface area contributed by atoms with Crippen LogP contribution < -0.4 is 5.32 Å². The van der Waals surface area contributed by atoms with Crippen LogP contribution >= 0.6 is 0 Å². The molecule has 3 heterocycles. The summed E-state index contributed by atoms with van der Waals surface area (Å²) in [5.74, 6) is 0. The summed E-state index contributed by atoms with van der Waals surface area (Å²) < 4.78 is 0. The first-order valence-corrected chi connectivity index (χ1v) is 9.72. The highest BCUT2D eigenvalue weighted by Gasteiger charge is 2.45. The fourth-order valence-electron chi connectivity index (χ4n) is 4.47. The molecule has 1 atom stereocenters. The molecule has 0 spiro atoms. The second-order valence-corrected chi connectivity index (χ2v) is 7.30. The van der Waals surface area contributed by atoms with Crippen LogP contribution in [-0.4, -0.2) is 16.5 Å². The summed E-state index contributed by atoms with van der Waals surface area (Å²) in [4.78, 5) is 8.91. The number of nitriles is 1. The molecule has 0 aromatic carbocycles. The average molecular weight is 356 g/mol. The highest BCUT2D eigenvalue weighted by atomic mass is 14.9. The predicted octanol–water partition coefficient (Wildman–Crippen LogP) is 4.32. The van der Waals surface area contributed by atoms with Gasteiger partial charge < -0.3 is 5.32 Å². The normalized spacial score (nSPS) is 20.0. The number of pyridine rings is 2. The number of hydrogen-bond acceptors (Lipinski definition) is 4. The van der Waals surface area contributed by atoms with Crippen LogP contribution in [0.15, 0.2) is 60.6 Å². The van der Waals surface area contributed by atoms with E-state index in [1.165, 1.54) is 22.4 Å². The van der Waals surface area contributed by atoms with Gasteiger partial charge in [-0.15, -0.1) is 0 Å². The maximum atomic E-state index is 8.82. The quantitative estimate of drug-likeness (QED) is 0.751. The third-order valence-electron chi connectivity index (χ3n) is 5.67. The van der Waals surface area contributed by atoms with Crippen LogP contribution in [0.1, 0.15) is 48.9 Å². The van der Waals surface area contributed by atoms with Crippen molar-refractivity contribution in [1.82, 2.24) is 15.3 Å². The summed E-state index contributed by atoms with van der Waals surface area (Å²) in [5.41, 5.74) is 6.20. The molecular weight excluding hydrogens is 332 g/mol. The molecule has 2 aromatic heterocycles. The van der Waals surface area contributed by atoms with Gasteiger partial charge in [0.1, 0.15) is 0 Å². The highest BCUT2D eigenvalue weighted by Crippen LogP contribution is 2.51. The molecule has 136 valence electrons. The van der Waals surface area contributed by atoms with E-state index in [1.807, 2.05) is 18.6 Å². The standard InChI is InChI=1S/C23H24N4/c24-12-4-2-1-3-11-23(17-18-9-15-25-16-10-18)19-7-5-13-26-21(19)22-20(23)8-6-14-27-22/h5-10,13,15-16,27H,1-4,11,14,17H2. The maximum Gasteiger partial charge on any atom is 0.0905 e. The summed E-state index contributed by atoms with van der Waals surface area (Å²) in [6, 6.07) is 10.8. The highest BCUT2D eigenvalue weighted by molar-refractivity contribution is 5.80. The fourth-order valence-corrected chi connectivity index (χ4v) is 4.47. The van der Waals surface area contributed by atoms with Crippen molar-refractivity contribution >= 4 is 5.70 Å². The molecule has 1 aliphatic carbocycles. The molecular formula is C23H24N4. The fraction of sp³-hybridized carbons (Fsp3) is 0.348. The van der Waals surface area contributed by atoms with E-state index in [0.717, 1.165) is 44.3 Å². The van der Waals surface area contributed by atoms with Crippen molar-refractivity contribution in [2.75, 3.05) is 6.54 Å². The van der Waals surface area contributed by atoms with Crippen molar-refractivity contribution < 1.29 is 0 Å². The minimum absolute atomic E-state index is 0.0726. The van der Waals surface area contributed by atoms with Gasteiger partial charge in [0.2, 0.25) is 0 Å². The van der Waals surface area contributed by atoms with Crippen LogP contribution in [0.3, 0.4) is 0 Å². The van der Waals surface area contributed by atoms with Gasteiger partial charge >= 0.3 is 0 Å². The molecule has 0 bridgehead atoms. The van der Waals surface area contributed by atoms with Gasteiger partial charge in [0, 0.05) is 37.0 Å². The third kappa shape index (κ3) is 3.26. The van der Waals surface area contributed by atoms with E-state index in [4.69, 9.17) is 10.2 Å². The summed E-state index contributed by atoms with van der Waals surface area (Å²) in [6.07, 6.45) is 15.9. The second kappa shape index (κ2) is 7.75. The summed E-state index contributed by atoms with van der Waals surface area (Å²) in [5, 5.41) is 12.4. The summed E-state index contributed by atoms with van der Waals surface area (Å²) >= 11 is 0. The molecule has 4 heteroatoms. The van der Waals surface area contributed by atoms with Gasteiger partial charge in [-0.05, 0) is 54.2 Å². The first-order valence-electron chi connectivity index (χ1n) is 9.72. The lowest BCUT2D eigenvalue weighted by Crippen LogP contribution is -2.30. The summed E-state index contributed by atoms with van der Waals surface area (Å²) in [6.45, 7) is 0.850. The largest absolute Gasteiger partial charge is 0.380 e. The van der Waals surface area contributed by atoms with Crippen LogP contribution in [0.2, 0.25) is 0 Å². The summed E-state index contributed by atoms with van der Waals surface area (Å²) in [7, 11) is 0. The molecule has 0 saturated heterocycles. The molecule has 1 aliphatic heterocycles. The smallest absolute Gasteiger partial charge is 0.0905 e. The van der Waals surface area contributed by atoms with Crippen LogP contribution in [-0.2, 0) is 11.8 Å². The Kier molecular flexibility index (Phi) is 5.02. The number of dihydropyridines is 1. The molecule has 4 rings (SSSR count). The number of fused-ring (bicyclic) bond motifs is 2. The Hall–Kier alpha value is -2.93. The van der Waals surface area contributed by atoms with Crippen LogP contribution in [0, 0.1) is 11.3 Å². The Morgan fingerprint density at radius 2 is 2.00 bits per heavy atom. The number of nitrogens with one attached hydrogen (secondary N) is 1. The van der Waals surface area contributed by atoms with Gasteiger partial charge in [-0.25, -0.2) is 0 Å². The van der Waals surface area contributed by atoms with Crippen molar-refractivity contribution in [2.45, 2.75) is 43.9 Å². The lowest BCUT2D eigenvalue weighted by Gasteiger charge is -2.34. The van der Waals surface area contributed by atoms with Crippen LogP contribution in [0.25, 0.3) is 5.70 Å².